The van der Waals surface area contributed by atoms with Crippen molar-refractivity contribution in [3.05, 3.63) is 76.1 Å². The normalized spacial score (nSPS) is 14.9. The van der Waals surface area contributed by atoms with E-state index in [1.807, 2.05) is 25.2 Å². The number of fused-ring (bicyclic) bond motifs is 1. The third kappa shape index (κ3) is 6.34. The summed E-state index contributed by atoms with van der Waals surface area (Å²) in [7, 11) is 1.60. The number of carbonyl (C=O) groups is 1. The molecule has 1 aromatic heterocycles. The Kier molecular flexibility index (Phi) is 9.02. The molecule has 3 aromatic rings. The molecule has 38 heavy (non-hydrogen) atoms. The number of rotatable bonds is 10. The molecule has 2 aromatic carbocycles. The zero-order valence-electron chi connectivity index (χ0n) is 22.5. The zero-order valence-corrected chi connectivity index (χ0v) is 23.3. The lowest BCUT2D eigenvalue weighted by atomic mass is 9.96. The van der Waals surface area contributed by atoms with E-state index in [9.17, 15) is 18.0 Å². The molecule has 0 aliphatic heterocycles. The summed E-state index contributed by atoms with van der Waals surface area (Å²) in [5.41, 5.74) is 1.37. The summed E-state index contributed by atoms with van der Waals surface area (Å²) in [5.74, 6) is -0.462. The first-order valence-corrected chi connectivity index (χ1v) is 14.7. The number of benzene rings is 2. The Bertz CT molecular complexity index is 1430. The quantitative estimate of drug-likeness (QED) is 0.427. The van der Waals surface area contributed by atoms with E-state index in [2.05, 4.69) is 22.3 Å². The van der Waals surface area contributed by atoms with Crippen molar-refractivity contribution in [2.24, 2.45) is 7.05 Å². The largest absolute Gasteiger partial charge is 0.351 e. The number of nitrogens with one attached hydrogen (secondary N) is 1. The Morgan fingerprint density at radius 3 is 2.45 bits per heavy atom. The lowest BCUT2D eigenvalue weighted by molar-refractivity contribution is 0.0948. The molecule has 0 unspecified atom stereocenters. The van der Waals surface area contributed by atoms with Crippen LogP contribution in [0.3, 0.4) is 0 Å². The van der Waals surface area contributed by atoms with E-state index < -0.39 is 21.4 Å². The number of aryl methyl sites for hydroxylation is 1. The fraction of sp³-hybridized carbons (Fsp3) is 0.448. The predicted molar refractivity (Wildman–Crippen MR) is 151 cm³/mol. The maximum atomic E-state index is 13.4. The molecular formula is C29H38N4O4S. The van der Waals surface area contributed by atoms with E-state index in [1.165, 1.54) is 22.1 Å². The van der Waals surface area contributed by atoms with Crippen molar-refractivity contribution in [1.82, 2.24) is 19.1 Å². The topological polar surface area (TPSA) is 91.7 Å². The number of pyridine rings is 1. The van der Waals surface area contributed by atoms with E-state index in [0.717, 1.165) is 45.1 Å². The molecule has 8 nitrogen and oxygen atoms in total. The molecule has 1 heterocycles. The number of likely N-dealkylation sites (N-methyl/N-ethyl adjacent to an activating group) is 1. The third-order valence-electron chi connectivity index (χ3n) is 7.57. The van der Waals surface area contributed by atoms with Crippen LogP contribution in [0, 0.1) is 0 Å². The SMILES string of the molecule is CN(CCNC(=O)c1cn(C)c2ccc(S(=O)(=O)N(C)C3CCCCC3)cc2c1=O)CCc1ccccc1. The first-order chi connectivity index (χ1) is 18.2. The standard InChI is InChI=1S/C29H38N4O4S/c1-31(18-16-22-10-6-4-7-11-22)19-17-30-29(35)26-21-32(2)27-15-14-24(20-25(27)28(26)34)38(36,37)33(3)23-12-8-5-9-13-23/h4,6-7,10-11,14-15,20-21,23H,5,8-9,12-13,16-19H2,1-3H3,(H,30,35). The molecule has 0 saturated heterocycles. The van der Waals surface area contributed by atoms with Gasteiger partial charge in [-0.2, -0.15) is 4.31 Å². The molecule has 1 aliphatic rings. The number of hydrogen-bond acceptors (Lipinski definition) is 5. The van der Waals surface area contributed by atoms with Gasteiger partial charge in [-0.05, 0) is 50.1 Å². The van der Waals surface area contributed by atoms with Crippen LogP contribution in [0.25, 0.3) is 10.9 Å². The van der Waals surface area contributed by atoms with Gasteiger partial charge in [-0.25, -0.2) is 8.42 Å². The van der Waals surface area contributed by atoms with Gasteiger partial charge < -0.3 is 14.8 Å². The monoisotopic (exact) mass is 538 g/mol. The highest BCUT2D eigenvalue weighted by molar-refractivity contribution is 7.89. The van der Waals surface area contributed by atoms with E-state index >= 15 is 0 Å². The molecular weight excluding hydrogens is 500 g/mol. The van der Waals surface area contributed by atoms with Crippen LogP contribution >= 0.6 is 0 Å². The molecule has 0 radical (unpaired) electrons. The van der Waals surface area contributed by atoms with Crippen molar-refractivity contribution in [2.45, 2.75) is 49.5 Å². The highest BCUT2D eigenvalue weighted by Gasteiger charge is 2.29. The van der Waals surface area contributed by atoms with Gasteiger partial charge in [0.2, 0.25) is 15.5 Å². The van der Waals surface area contributed by atoms with Gasteiger partial charge in [0.15, 0.2) is 0 Å². The number of amides is 1. The minimum Gasteiger partial charge on any atom is -0.351 e. The van der Waals surface area contributed by atoms with Crippen LogP contribution in [0.15, 0.2) is 64.4 Å². The van der Waals surface area contributed by atoms with Gasteiger partial charge in [0.05, 0.1) is 10.4 Å². The Morgan fingerprint density at radius 1 is 1.03 bits per heavy atom. The van der Waals surface area contributed by atoms with Crippen molar-refractivity contribution >= 4 is 26.8 Å². The fourth-order valence-electron chi connectivity index (χ4n) is 5.13. The highest BCUT2D eigenvalue weighted by Crippen LogP contribution is 2.27. The molecule has 4 rings (SSSR count). The number of aromatic nitrogens is 1. The van der Waals surface area contributed by atoms with Gasteiger partial charge in [0, 0.05) is 51.4 Å². The fourth-order valence-corrected chi connectivity index (χ4v) is 6.58. The summed E-state index contributed by atoms with van der Waals surface area (Å²) >= 11 is 0. The molecule has 9 heteroatoms. The smallest absolute Gasteiger partial charge is 0.256 e. The van der Waals surface area contributed by atoms with Gasteiger partial charge in [0.25, 0.3) is 5.91 Å². The summed E-state index contributed by atoms with van der Waals surface area (Å²) in [6.45, 7) is 1.89. The summed E-state index contributed by atoms with van der Waals surface area (Å²) in [4.78, 5) is 28.5. The summed E-state index contributed by atoms with van der Waals surface area (Å²) in [6, 6.07) is 14.8. The van der Waals surface area contributed by atoms with Crippen molar-refractivity contribution in [1.29, 1.82) is 0 Å². The second-order valence-corrected chi connectivity index (χ2v) is 12.3. The maximum absolute atomic E-state index is 13.4. The predicted octanol–water partition coefficient (Wildman–Crippen LogP) is 3.40. The van der Waals surface area contributed by atoms with Crippen LogP contribution in [0.2, 0.25) is 0 Å². The summed E-state index contributed by atoms with van der Waals surface area (Å²) in [6.07, 6.45) is 7.28. The molecule has 1 amide bonds. The lowest BCUT2D eigenvalue weighted by Crippen LogP contribution is -2.38. The second kappa shape index (κ2) is 12.2. The Balaban J connectivity index is 1.47. The van der Waals surface area contributed by atoms with Crippen LogP contribution in [0.4, 0.5) is 0 Å². The first kappa shape index (κ1) is 28.0. The van der Waals surface area contributed by atoms with Crippen LogP contribution in [-0.2, 0) is 23.5 Å². The minimum atomic E-state index is -3.76. The van der Waals surface area contributed by atoms with Crippen LogP contribution < -0.4 is 10.7 Å². The molecule has 1 N–H and O–H groups in total. The van der Waals surface area contributed by atoms with Crippen LogP contribution in [-0.4, -0.2) is 67.9 Å². The van der Waals surface area contributed by atoms with Crippen LogP contribution in [0.1, 0.15) is 48.0 Å². The Morgan fingerprint density at radius 2 is 1.74 bits per heavy atom. The van der Waals surface area contributed by atoms with Gasteiger partial charge >= 0.3 is 0 Å². The van der Waals surface area contributed by atoms with Gasteiger partial charge in [-0.1, -0.05) is 49.6 Å². The Hall–Kier alpha value is -3.01. The second-order valence-electron chi connectivity index (χ2n) is 10.3. The molecule has 1 saturated carbocycles. The number of hydrogen-bond donors (Lipinski definition) is 1. The van der Waals surface area contributed by atoms with Crippen molar-refractivity contribution in [2.75, 3.05) is 33.7 Å². The van der Waals surface area contributed by atoms with Crippen molar-refractivity contribution < 1.29 is 13.2 Å². The average Bonchev–Trinajstić information content (AvgIpc) is 2.94. The molecule has 0 atom stereocenters. The van der Waals surface area contributed by atoms with Crippen LogP contribution in [0.5, 0.6) is 0 Å². The van der Waals surface area contributed by atoms with E-state index in [0.29, 0.717) is 18.6 Å². The van der Waals surface area contributed by atoms with Gasteiger partial charge in [0.1, 0.15) is 5.56 Å². The number of carbonyl (C=O) groups excluding carboxylic acids is 1. The average molecular weight is 539 g/mol. The van der Waals surface area contributed by atoms with Crippen molar-refractivity contribution in [3.8, 4) is 0 Å². The van der Waals surface area contributed by atoms with E-state index in [4.69, 9.17) is 0 Å². The van der Waals surface area contributed by atoms with E-state index in [-0.39, 0.29) is 21.9 Å². The summed E-state index contributed by atoms with van der Waals surface area (Å²) in [5, 5.41) is 3.07. The number of nitrogens with zero attached hydrogens (tertiary/aromatic N) is 3. The highest BCUT2D eigenvalue weighted by atomic mass is 32.2. The third-order valence-corrected chi connectivity index (χ3v) is 9.48. The maximum Gasteiger partial charge on any atom is 0.256 e. The summed E-state index contributed by atoms with van der Waals surface area (Å²) < 4.78 is 29.9. The molecule has 1 fully saturated rings. The molecule has 1 aliphatic carbocycles. The van der Waals surface area contributed by atoms with Gasteiger partial charge in [-0.3, -0.25) is 9.59 Å². The molecule has 0 bridgehead atoms. The molecule has 0 spiro atoms. The van der Waals surface area contributed by atoms with Gasteiger partial charge in [-0.15, -0.1) is 0 Å². The zero-order chi connectivity index (χ0) is 27.3. The molecule has 204 valence electrons. The first-order valence-electron chi connectivity index (χ1n) is 13.3. The Labute approximate surface area is 225 Å². The lowest BCUT2D eigenvalue weighted by Gasteiger charge is -2.30. The minimum absolute atomic E-state index is 0.00196. The van der Waals surface area contributed by atoms with E-state index in [1.54, 1.807) is 30.8 Å². The van der Waals surface area contributed by atoms with Crippen molar-refractivity contribution in [3.63, 3.8) is 0 Å². The number of sulfonamides is 1.